The van der Waals surface area contributed by atoms with Crippen molar-refractivity contribution in [3.63, 3.8) is 0 Å². The minimum atomic E-state index is -0.958. The molecule has 3 N–H and O–H groups in total. The molecule has 1 aliphatic carbocycles. The van der Waals surface area contributed by atoms with Crippen LogP contribution in [-0.2, 0) is 26.0 Å². The molecule has 8 rings (SSSR count). The molecule has 11 nitrogen and oxygen atoms in total. The maximum Gasteiger partial charge on any atom is 0.180 e. The molecule has 6 heterocycles. The number of aryl methyl sites for hydroxylation is 1. The summed E-state index contributed by atoms with van der Waals surface area (Å²) in [5.74, 6) is 0.591. The van der Waals surface area contributed by atoms with Gasteiger partial charge in [0.15, 0.2) is 17.7 Å². The van der Waals surface area contributed by atoms with Gasteiger partial charge in [-0.05, 0) is 68.6 Å². The second-order valence-electron chi connectivity index (χ2n) is 12.5. The number of rotatable bonds is 6. The van der Waals surface area contributed by atoms with Crippen molar-refractivity contribution in [2.24, 2.45) is 0 Å². The highest BCUT2D eigenvalue weighted by atomic mass is 19.1. The predicted molar refractivity (Wildman–Crippen MR) is 175 cm³/mol. The van der Waals surface area contributed by atoms with Gasteiger partial charge in [0.05, 0.1) is 29.9 Å². The van der Waals surface area contributed by atoms with Crippen molar-refractivity contribution in [2.45, 2.75) is 45.1 Å². The van der Waals surface area contributed by atoms with E-state index in [9.17, 15) is 10.2 Å². The SMILES string of the molecule is CN1CCN(c2ccc(Nc3nc(-c4cc(F)cc(N5CCn6c(cc7c6CCCC7)C5O)c4CO)cn4ccnc34)nc2)CC1. The molecule has 0 saturated carbocycles. The molecule has 3 aliphatic rings. The van der Waals surface area contributed by atoms with Gasteiger partial charge in [0.1, 0.15) is 11.6 Å². The molecular formula is C34H38FN9O2. The van der Waals surface area contributed by atoms with E-state index in [-0.39, 0.29) is 6.61 Å². The number of halogens is 1. The lowest BCUT2D eigenvalue weighted by molar-refractivity contribution is 0.147. The number of aromatic nitrogens is 5. The summed E-state index contributed by atoms with van der Waals surface area (Å²) in [5.41, 5.74) is 6.94. The first-order valence-corrected chi connectivity index (χ1v) is 16.1. The molecule has 0 radical (unpaired) electrons. The third-order valence-corrected chi connectivity index (χ3v) is 9.74. The number of pyridine rings is 1. The number of imidazole rings is 1. The molecule has 46 heavy (non-hydrogen) atoms. The van der Waals surface area contributed by atoms with Crippen LogP contribution in [0.3, 0.4) is 0 Å². The van der Waals surface area contributed by atoms with Crippen molar-refractivity contribution < 1.29 is 14.6 Å². The molecule has 4 aromatic heterocycles. The fourth-order valence-electron chi connectivity index (χ4n) is 7.26. The molecule has 2 aliphatic heterocycles. The zero-order valence-corrected chi connectivity index (χ0v) is 25.9. The van der Waals surface area contributed by atoms with E-state index in [0.29, 0.717) is 52.9 Å². The van der Waals surface area contributed by atoms with Gasteiger partial charge in [0.2, 0.25) is 0 Å². The van der Waals surface area contributed by atoms with Crippen LogP contribution in [0.5, 0.6) is 0 Å². The topological polar surface area (TPSA) is 110 Å². The van der Waals surface area contributed by atoms with Crippen LogP contribution >= 0.6 is 0 Å². The van der Waals surface area contributed by atoms with Crippen LogP contribution in [-0.4, -0.2) is 78.8 Å². The minimum Gasteiger partial charge on any atom is -0.392 e. The van der Waals surface area contributed by atoms with E-state index in [0.717, 1.165) is 63.2 Å². The number of piperazine rings is 1. The van der Waals surface area contributed by atoms with E-state index in [1.54, 1.807) is 23.5 Å². The number of nitrogens with one attached hydrogen (secondary N) is 1. The Bertz CT molecular complexity index is 1900. The molecule has 0 spiro atoms. The van der Waals surface area contributed by atoms with Crippen LogP contribution in [0.15, 0.2) is 55.1 Å². The maximum absolute atomic E-state index is 15.4. The summed E-state index contributed by atoms with van der Waals surface area (Å²) in [4.78, 5) is 20.5. The maximum atomic E-state index is 15.4. The standard InChI is InChI=1S/C34H38FN9O2/c1-40-10-12-41(13-11-40)24-6-7-31(37-19-24)39-32-33-36-8-9-42(33)20-27(38-32)25-17-23(35)18-29(26(25)21-45)44-15-14-43-28-5-3-2-4-22(28)16-30(43)34(44)46/h6-9,16-20,34,45-46H,2-5,10-15,21H2,1H3,(H,37,38,39). The van der Waals surface area contributed by atoms with Crippen molar-refractivity contribution in [1.82, 2.24) is 28.8 Å². The molecule has 0 amide bonds. The van der Waals surface area contributed by atoms with Gasteiger partial charge in [-0.15, -0.1) is 0 Å². The average molecular weight is 624 g/mol. The molecule has 1 saturated heterocycles. The molecule has 1 fully saturated rings. The lowest BCUT2D eigenvalue weighted by atomic mass is 9.98. The Morgan fingerprint density at radius 1 is 1.00 bits per heavy atom. The number of anilines is 4. The molecule has 1 unspecified atom stereocenters. The van der Waals surface area contributed by atoms with Crippen molar-refractivity contribution in [1.29, 1.82) is 0 Å². The van der Waals surface area contributed by atoms with Crippen molar-refractivity contribution in [2.75, 3.05) is 54.9 Å². The van der Waals surface area contributed by atoms with Gasteiger partial charge in [-0.2, -0.15) is 0 Å². The Hall–Kier alpha value is -4.52. The van der Waals surface area contributed by atoms with Crippen LogP contribution in [0.2, 0.25) is 0 Å². The molecule has 238 valence electrons. The largest absolute Gasteiger partial charge is 0.392 e. The normalized spacial score (nSPS) is 18.6. The Morgan fingerprint density at radius 3 is 2.65 bits per heavy atom. The number of nitrogens with zero attached hydrogens (tertiary/aromatic N) is 8. The molecule has 12 heteroatoms. The minimum absolute atomic E-state index is 0.354. The van der Waals surface area contributed by atoms with E-state index in [2.05, 4.69) is 42.8 Å². The van der Waals surface area contributed by atoms with Crippen molar-refractivity contribution >= 4 is 28.7 Å². The van der Waals surface area contributed by atoms with Gasteiger partial charge in [0, 0.05) is 80.4 Å². The predicted octanol–water partition coefficient (Wildman–Crippen LogP) is 4.11. The summed E-state index contributed by atoms with van der Waals surface area (Å²) in [6.07, 6.45) is 10.5. The number of aliphatic hydroxyl groups excluding tert-OH is 2. The highest BCUT2D eigenvalue weighted by Gasteiger charge is 2.32. The first-order valence-electron chi connectivity index (χ1n) is 16.1. The summed E-state index contributed by atoms with van der Waals surface area (Å²) < 4.78 is 19.5. The highest BCUT2D eigenvalue weighted by molar-refractivity contribution is 5.77. The van der Waals surface area contributed by atoms with Crippen LogP contribution in [0.1, 0.15) is 41.6 Å². The number of aliphatic hydroxyl groups is 2. The number of hydrogen-bond donors (Lipinski definition) is 3. The molecule has 0 bridgehead atoms. The summed E-state index contributed by atoms with van der Waals surface area (Å²) in [6, 6.07) is 8.86. The average Bonchev–Trinajstić information content (AvgIpc) is 3.71. The van der Waals surface area contributed by atoms with Crippen molar-refractivity contribution in [3.05, 3.63) is 83.5 Å². The number of likely N-dealkylation sites (N-methyl/N-ethyl adjacent to an activating group) is 1. The van der Waals surface area contributed by atoms with E-state index < -0.39 is 12.0 Å². The Balaban J connectivity index is 1.13. The second kappa shape index (κ2) is 11.7. The number of benzene rings is 1. The van der Waals surface area contributed by atoms with Gasteiger partial charge >= 0.3 is 0 Å². The molecule has 1 aromatic carbocycles. The highest BCUT2D eigenvalue weighted by Crippen LogP contribution is 2.40. The summed E-state index contributed by atoms with van der Waals surface area (Å²) in [5, 5.41) is 25.6. The van der Waals surface area contributed by atoms with E-state index in [4.69, 9.17) is 4.98 Å². The fourth-order valence-corrected chi connectivity index (χ4v) is 7.26. The second-order valence-corrected chi connectivity index (χ2v) is 12.5. The number of fused-ring (bicyclic) bond motifs is 4. The molecule has 1 atom stereocenters. The summed E-state index contributed by atoms with van der Waals surface area (Å²) >= 11 is 0. The fraction of sp³-hybridized carbons (Fsp3) is 0.382. The van der Waals surface area contributed by atoms with Gasteiger partial charge in [-0.3, -0.25) is 0 Å². The zero-order chi connectivity index (χ0) is 31.4. The van der Waals surface area contributed by atoms with Gasteiger partial charge in [-0.25, -0.2) is 19.3 Å². The monoisotopic (exact) mass is 623 g/mol. The van der Waals surface area contributed by atoms with Gasteiger partial charge < -0.3 is 39.2 Å². The smallest absolute Gasteiger partial charge is 0.180 e. The van der Waals surface area contributed by atoms with Crippen LogP contribution in [0.25, 0.3) is 16.9 Å². The van der Waals surface area contributed by atoms with Gasteiger partial charge in [0.25, 0.3) is 0 Å². The Morgan fingerprint density at radius 2 is 1.85 bits per heavy atom. The Kier molecular flexibility index (Phi) is 7.35. The molecular weight excluding hydrogens is 585 g/mol. The van der Waals surface area contributed by atoms with Crippen LogP contribution in [0, 0.1) is 5.82 Å². The lowest BCUT2D eigenvalue weighted by Crippen LogP contribution is -2.44. The van der Waals surface area contributed by atoms with E-state index in [1.165, 1.54) is 23.4 Å². The zero-order valence-electron chi connectivity index (χ0n) is 25.9. The number of hydrogen-bond acceptors (Lipinski definition) is 9. The quantitative estimate of drug-likeness (QED) is 0.258. The summed E-state index contributed by atoms with van der Waals surface area (Å²) in [6.45, 7) is 4.75. The van der Waals surface area contributed by atoms with Crippen LogP contribution < -0.4 is 15.1 Å². The summed E-state index contributed by atoms with van der Waals surface area (Å²) in [7, 11) is 2.13. The van der Waals surface area contributed by atoms with E-state index in [1.807, 2.05) is 22.7 Å². The third-order valence-electron chi connectivity index (χ3n) is 9.74. The Labute approximate surface area is 266 Å². The van der Waals surface area contributed by atoms with E-state index >= 15 is 4.39 Å². The van der Waals surface area contributed by atoms with Crippen LogP contribution in [0.4, 0.5) is 27.4 Å². The molecule has 5 aromatic rings. The first kappa shape index (κ1) is 28.9. The van der Waals surface area contributed by atoms with Gasteiger partial charge in [-0.1, -0.05) is 0 Å². The lowest BCUT2D eigenvalue weighted by Gasteiger charge is -2.37. The first-order chi connectivity index (χ1) is 22.5. The van der Waals surface area contributed by atoms with Crippen molar-refractivity contribution in [3.8, 4) is 11.3 Å². The third kappa shape index (κ3) is 5.06.